The van der Waals surface area contributed by atoms with Crippen LogP contribution in [0.1, 0.15) is 27.3 Å². The van der Waals surface area contributed by atoms with E-state index in [1.165, 1.54) is 29.6 Å². The highest BCUT2D eigenvalue weighted by atomic mass is 35.5. The number of anilines is 2. The molecular weight excluding hydrogens is 463 g/mol. The minimum absolute atomic E-state index is 0.0159. The number of nitriles is 1. The fraction of sp³-hybridized carbons (Fsp3) is 0.158. The van der Waals surface area contributed by atoms with E-state index in [9.17, 15) is 23.2 Å². The van der Waals surface area contributed by atoms with Gasteiger partial charge in [0, 0.05) is 18.1 Å². The van der Waals surface area contributed by atoms with Crippen molar-refractivity contribution in [3.8, 4) is 11.8 Å². The Morgan fingerprint density at radius 2 is 2.06 bits per heavy atom. The molecule has 0 unspecified atom stereocenters. The zero-order valence-corrected chi connectivity index (χ0v) is 17.5. The average Bonchev–Trinajstić information content (AvgIpc) is 3.45. The molecule has 1 aliphatic heterocycles. The third kappa shape index (κ3) is 4.34. The Hall–Kier alpha value is -4.02. The number of hydrogen-bond donors (Lipinski definition) is 2. The predicted molar refractivity (Wildman–Crippen MR) is 112 cm³/mol. The Morgan fingerprint density at radius 1 is 1.27 bits per heavy atom. The van der Waals surface area contributed by atoms with Crippen molar-refractivity contribution in [2.45, 2.75) is 13.1 Å². The second-order valence-electron chi connectivity index (χ2n) is 6.73. The van der Waals surface area contributed by atoms with Crippen molar-refractivity contribution >= 4 is 35.2 Å². The molecule has 0 bridgehead atoms. The van der Waals surface area contributed by atoms with Gasteiger partial charge in [-0.2, -0.15) is 33.8 Å². The van der Waals surface area contributed by atoms with Crippen molar-refractivity contribution in [2.75, 3.05) is 17.0 Å². The molecule has 0 fully saturated rings. The molecule has 14 heteroatoms. The average molecular weight is 476 g/mol. The molecular formula is C19H13ClF3N9O. The highest BCUT2D eigenvalue weighted by molar-refractivity contribution is 6.32. The first-order valence-electron chi connectivity index (χ1n) is 9.24. The second kappa shape index (κ2) is 8.49. The highest BCUT2D eigenvalue weighted by Gasteiger charge is 2.41. The Balaban J connectivity index is 1.69. The molecule has 0 aromatic carbocycles. The van der Waals surface area contributed by atoms with Gasteiger partial charge in [-0.15, -0.1) is 0 Å². The van der Waals surface area contributed by atoms with Gasteiger partial charge >= 0.3 is 6.18 Å². The van der Waals surface area contributed by atoms with Gasteiger partial charge in [0.15, 0.2) is 11.5 Å². The van der Waals surface area contributed by atoms with E-state index >= 15 is 0 Å². The molecule has 0 atom stereocenters. The SMILES string of the molecule is Cc1cc(-n2ncc(C(=O)Nc3cnc(N4N=CCN4)c(C#N)c3)c2C(F)(F)F)c(Cl)cn1. The minimum atomic E-state index is -4.93. The largest absolute Gasteiger partial charge is 0.434 e. The smallest absolute Gasteiger partial charge is 0.320 e. The van der Waals surface area contributed by atoms with Crippen LogP contribution in [-0.4, -0.2) is 38.4 Å². The van der Waals surface area contributed by atoms with Gasteiger partial charge in [-0.3, -0.25) is 9.78 Å². The van der Waals surface area contributed by atoms with Crippen molar-refractivity contribution < 1.29 is 18.0 Å². The van der Waals surface area contributed by atoms with Crippen LogP contribution in [0.5, 0.6) is 0 Å². The first kappa shape index (κ1) is 22.2. The molecule has 1 aliphatic rings. The topological polar surface area (TPSA) is 124 Å². The lowest BCUT2D eigenvalue weighted by Crippen LogP contribution is -2.29. The van der Waals surface area contributed by atoms with Crippen LogP contribution in [0, 0.1) is 18.3 Å². The van der Waals surface area contributed by atoms with E-state index in [2.05, 4.69) is 30.9 Å². The maximum atomic E-state index is 13.9. The van der Waals surface area contributed by atoms with Crippen LogP contribution in [0.4, 0.5) is 24.7 Å². The van der Waals surface area contributed by atoms with Crippen LogP contribution in [-0.2, 0) is 6.18 Å². The standard InChI is InChI=1S/C19H13ClF3N9O/c1-10-4-15(14(20)9-25-10)31-16(19(21,22)23)13(8-29-31)18(33)30-12-5-11(6-24)17(26-7-12)32-27-2-3-28-32/h2,4-5,7-9,28H,3H2,1H3,(H,30,33). The van der Waals surface area contributed by atoms with Crippen LogP contribution >= 0.6 is 11.6 Å². The lowest BCUT2D eigenvalue weighted by atomic mass is 10.2. The van der Waals surface area contributed by atoms with Crippen molar-refractivity contribution in [2.24, 2.45) is 5.10 Å². The number of aryl methyl sites for hydroxylation is 1. The Kier molecular flexibility index (Phi) is 5.71. The lowest BCUT2D eigenvalue weighted by molar-refractivity contribution is -0.143. The van der Waals surface area contributed by atoms with Gasteiger partial charge in [-0.05, 0) is 19.1 Å². The number of hydrazone groups is 1. The second-order valence-corrected chi connectivity index (χ2v) is 7.13. The summed E-state index contributed by atoms with van der Waals surface area (Å²) in [7, 11) is 0. The quantitative estimate of drug-likeness (QED) is 0.594. The fourth-order valence-electron chi connectivity index (χ4n) is 3.06. The monoisotopic (exact) mass is 475 g/mol. The zero-order chi connectivity index (χ0) is 23.8. The van der Waals surface area contributed by atoms with Gasteiger partial charge in [-0.25, -0.2) is 15.1 Å². The molecule has 4 rings (SSSR count). The molecule has 4 heterocycles. The number of halogens is 4. The molecule has 0 radical (unpaired) electrons. The molecule has 168 valence electrons. The van der Waals surface area contributed by atoms with E-state index in [4.69, 9.17) is 11.6 Å². The molecule has 3 aromatic heterocycles. The number of hydrazine groups is 1. The maximum Gasteiger partial charge on any atom is 0.434 e. The summed E-state index contributed by atoms with van der Waals surface area (Å²) in [6.07, 6.45) is -0.178. The molecule has 0 saturated heterocycles. The van der Waals surface area contributed by atoms with E-state index in [0.717, 1.165) is 6.20 Å². The molecule has 0 saturated carbocycles. The number of nitrogens with one attached hydrogen (secondary N) is 2. The normalized spacial score (nSPS) is 13.3. The van der Waals surface area contributed by atoms with Gasteiger partial charge in [0.2, 0.25) is 0 Å². The molecule has 0 aliphatic carbocycles. The van der Waals surface area contributed by atoms with E-state index in [1.807, 2.05) is 6.07 Å². The van der Waals surface area contributed by atoms with Crippen molar-refractivity contribution in [3.63, 3.8) is 0 Å². The molecule has 2 N–H and O–H groups in total. The Morgan fingerprint density at radius 3 is 2.73 bits per heavy atom. The van der Waals surface area contributed by atoms with Gasteiger partial charge in [0.05, 0.1) is 40.9 Å². The maximum absolute atomic E-state index is 13.9. The molecule has 3 aromatic rings. The first-order chi connectivity index (χ1) is 15.7. The molecule has 33 heavy (non-hydrogen) atoms. The Labute approximate surface area is 189 Å². The van der Waals surface area contributed by atoms with Gasteiger partial charge in [0.25, 0.3) is 5.91 Å². The van der Waals surface area contributed by atoms with Crippen molar-refractivity contribution in [1.82, 2.24) is 25.2 Å². The number of amides is 1. The summed E-state index contributed by atoms with van der Waals surface area (Å²) < 4.78 is 42.3. The number of rotatable bonds is 4. The molecule has 10 nitrogen and oxygen atoms in total. The van der Waals surface area contributed by atoms with E-state index < -0.39 is 23.3 Å². The number of hydrogen-bond acceptors (Lipinski definition) is 8. The first-order valence-corrected chi connectivity index (χ1v) is 9.62. The lowest BCUT2D eigenvalue weighted by Gasteiger charge is -2.15. The number of nitrogens with zero attached hydrogens (tertiary/aromatic N) is 7. The van der Waals surface area contributed by atoms with Crippen LogP contribution < -0.4 is 15.9 Å². The third-order valence-electron chi connectivity index (χ3n) is 4.46. The Bertz CT molecular complexity index is 1310. The highest BCUT2D eigenvalue weighted by Crippen LogP contribution is 2.35. The number of pyridine rings is 2. The summed E-state index contributed by atoms with van der Waals surface area (Å²) in [6.45, 7) is 2.02. The number of carbonyl (C=O) groups excluding carboxylic acids is 1. The summed E-state index contributed by atoms with van der Waals surface area (Å²) in [5.74, 6) is -0.915. The number of alkyl halides is 3. The van der Waals surface area contributed by atoms with Crippen LogP contribution in [0.3, 0.4) is 0 Å². The van der Waals surface area contributed by atoms with Gasteiger partial charge in [0.1, 0.15) is 11.6 Å². The van der Waals surface area contributed by atoms with Crippen LogP contribution in [0.25, 0.3) is 5.69 Å². The fourth-order valence-corrected chi connectivity index (χ4v) is 3.24. The molecule has 1 amide bonds. The van der Waals surface area contributed by atoms with Crippen molar-refractivity contribution in [3.05, 3.63) is 58.3 Å². The van der Waals surface area contributed by atoms with Gasteiger partial charge in [-0.1, -0.05) is 11.6 Å². The summed E-state index contributed by atoms with van der Waals surface area (Å²) in [5.41, 5.74) is 1.20. The zero-order valence-electron chi connectivity index (χ0n) is 16.7. The summed E-state index contributed by atoms with van der Waals surface area (Å²) >= 11 is 6.02. The summed E-state index contributed by atoms with van der Waals surface area (Å²) in [4.78, 5) is 20.7. The van der Waals surface area contributed by atoms with E-state index in [1.54, 1.807) is 13.1 Å². The third-order valence-corrected chi connectivity index (χ3v) is 4.75. The number of aromatic nitrogens is 4. The van der Waals surface area contributed by atoms with Gasteiger partial charge < -0.3 is 5.32 Å². The predicted octanol–water partition coefficient (Wildman–Crippen LogP) is 3.08. The van der Waals surface area contributed by atoms with Crippen LogP contribution in [0.15, 0.2) is 35.8 Å². The minimum Gasteiger partial charge on any atom is -0.320 e. The van der Waals surface area contributed by atoms with E-state index in [0.29, 0.717) is 16.9 Å². The van der Waals surface area contributed by atoms with Crippen LogP contribution in [0.2, 0.25) is 5.02 Å². The van der Waals surface area contributed by atoms with Crippen molar-refractivity contribution in [1.29, 1.82) is 5.26 Å². The molecule has 0 spiro atoms. The summed E-state index contributed by atoms with van der Waals surface area (Å²) in [6, 6.07) is 4.51. The van der Waals surface area contributed by atoms with E-state index in [-0.39, 0.29) is 27.8 Å². The number of carbonyl (C=O) groups is 1. The summed E-state index contributed by atoms with van der Waals surface area (Å²) in [5, 5.41) is 20.6.